The van der Waals surface area contributed by atoms with Crippen molar-refractivity contribution in [3.63, 3.8) is 0 Å². The van der Waals surface area contributed by atoms with E-state index in [1.807, 2.05) is 19.1 Å². The molecule has 2 aromatic carbocycles. The largest absolute Gasteiger partial charge is 0.490 e. The zero-order valence-electron chi connectivity index (χ0n) is 17.1. The van der Waals surface area contributed by atoms with Crippen LogP contribution >= 0.6 is 0 Å². The molecule has 1 aliphatic heterocycles. The highest BCUT2D eigenvalue weighted by atomic mass is 19.4. The van der Waals surface area contributed by atoms with Gasteiger partial charge in [0.2, 0.25) is 5.91 Å². The highest BCUT2D eigenvalue weighted by Crippen LogP contribution is 2.37. The lowest BCUT2D eigenvalue weighted by atomic mass is 9.89. The summed E-state index contributed by atoms with van der Waals surface area (Å²) in [6.07, 6.45) is -1.02. The second-order valence-corrected chi connectivity index (χ2v) is 7.27. The number of nitrogens with one attached hydrogen (secondary N) is 1. The Hall–Kier alpha value is -3.62. The Morgan fingerprint density at radius 2 is 1.88 bits per heavy atom. The van der Waals surface area contributed by atoms with Gasteiger partial charge < -0.3 is 9.47 Å². The third-order valence-electron chi connectivity index (χ3n) is 5.14. The number of halogens is 3. The van der Waals surface area contributed by atoms with Crippen molar-refractivity contribution >= 4 is 12.1 Å². The third kappa shape index (κ3) is 4.66. The quantitative estimate of drug-likeness (QED) is 0.589. The number of hydrogen-bond donors (Lipinski definition) is 1. The monoisotopic (exact) mass is 443 g/mol. The average molecular weight is 443 g/mol. The summed E-state index contributed by atoms with van der Waals surface area (Å²) in [5.41, 5.74) is 2.28. The van der Waals surface area contributed by atoms with Crippen molar-refractivity contribution in [2.45, 2.75) is 32.0 Å². The van der Waals surface area contributed by atoms with Gasteiger partial charge in [0.15, 0.2) is 11.5 Å². The molecule has 1 unspecified atom stereocenters. The van der Waals surface area contributed by atoms with Gasteiger partial charge in [-0.25, -0.2) is 4.99 Å². The smallest absolute Gasteiger partial charge is 0.416 e. The molecule has 4 rings (SSSR count). The van der Waals surface area contributed by atoms with Crippen molar-refractivity contribution in [2.24, 2.45) is 4.99 Å². The maximum atomic E-state index is 12.7. The van der Waals surface area contributed by atoms with Gasteiger partial charge in [0.1, 0.15) is 6.61 Å². The predicted octanol–water partition coefficient (Wildman–Crippen LogP) is 4.89. The number of alkyl halides is 3. The third-order valence-corrected chi connectivity index (χ3v) is 5.14. The van der Waals surface area contributed by atoms with Crippen LogP contribution in [-0.4, -0.2) is 28.9 Å². The predicted molar refractivity (Wildman–Crippen MR) is 111 cm³/mol. The summed E-state index contributed by atoms with van der Waals surface area (Å²) in [5.74, 6) is 0.459. The van der Waals surface area contributed by atoms with Crippen molar-refractivity contribution in [2.75, 3.05) is 6.61 Å². The average Bonchev–Trinajstić information content (AvgIpc) is 3.17. The van der Waals surface area contributed by atoms with Gasteiger partial charge in [-0.1, -0.05) is 18.2 Å². The Labute approximate surface area is 182 Å². The fourth-order valence-corrected chi connectivity index (χ4v) is 3.54. The standard InChI is InChI=1S/C23H20F3N3O3/c1-2-31-21-9-15(17-10-22(30)27-12-19-18(17)11-28-29-19)5-8-20(21)32-13-14-3-6-16(7-4-14)23(24,25)26/h3-9,11-12,17H,2,10,13H2,1H3,(H,28,29). The fourth-order valence-electron chi connectivity index (χ4n) is 3.54. The van der Waals surface area contributed by atoms with Crippen LogP contribution in [-0.2, 0) is 17.6 Å². The van der Waals surface area contributed by atoms with Crippen molar-refractivity contribution in [3.05, 3.63) is 76.6 Å². The molecule has 32 heavy (non-hydrogen) atoms. The van der Waals surface area contributed by atoms with E-state index in [0.717, 1.165) is 23.3 Å². The van der Waals surface area contributed by atoms with E-state index in [1.54, 1.807) is 12.3 Å². The van der Waals surface area contributed by atoms with Crippen LogP contribution in [0.25, 0.3) is 0 Å². The molecule has 1 aromatic heterocycles. The minimum Gasteiger partial charge on any atom is -0.490 e. The van der Waals surface area contributed by atoms with E-state index >= 15 is 0 Å². The molecule has 0 bridgehead atoms. The summed E-state index contributed by atoms with van der Waals surface area (Å²) in [6, 6.07) is 10.2. The van der Waals surface area contributed by atoms with Crippen molar-refractivity contribution in [3.8, 4) is 11.5 Å². The number of hydrogen-bond acceptors (Lipinski definition) is 4. The number of nitrogens with zero attached hydrogens (tertiary/aromatic N) is 2. The maximum absolute atomic E-state index is 12.7. The lowest BCUT2D eigenvalue weighted by molar-refractivity contribution is -0.137. The molecule has 0 saturated heterocycles. The van der Waals surface area contributed by atoms with Crippen LogP contribution in [0, 0.1) is 0 Å². The molecule has 1 atom stereocenters. The van der Waals surface area contributed by atoms with Crippen molar-refractivity contribution in [1.82, 2.24) is 10.2 Å². The Morgan fingerprint density at radius 1 is 1.09 bits per heavy atom. The number of carbonyl (C=O) groups is 1. The number of fused-ring (bicyclic) bond motifs is 1. The van der Waals surface area contributed by atoms with Gasteiger partial charge in [0.25, 0.3) is 0 Å². The Morgan fingerprint density at radius 3 is 2.59 bits per heavy atom. The first-order valence-corrected chi connectivity index (χ1v) is 10.0. The molecule has 2 heterocycles. The van der Waals surface area contributed by atoms with Crippen LogP contribution in [0.1, 0.15) is 47.2 Å². The fraction of sp³-hybridized carbons (Fsp3) is 0.261. The highest BCUT2D eigenvalue weighted by Gasteiger charge is 2.30. The number of rotatable bonds is 6. The molecule has 0 aliphatic carbocycles. The maximum Gasteiger partial charge on any atom is 0.416 e. The first kappa shape index (κ1) is 21.6. The molecule has 9 heteroatoms. The zero-order valence-corrected chi connectivity index (χ0v) is 17.1. The second kappa shape index (κ2) is 8.86. The Balaban J connectivity index is 1.56. The van der Waals surface area contributed by atoms with Gasteiger partial charge in [-0.3, -0.25) is 9.89 Å². The minimum atomic E-state index is -4.38. The van der Waals surface area contributed by atoms with E-state index in [1.165, 1.54) is 18.3 Å². The summed E-state index contributed by atoms with van der Waals surface area (Å²) in [7, 11) is 0. The van der Waals surface area contributed by atoms with E-state index in [-0.39, 0.29) is 24.9 Å². The van der Waals surface area contributed by atoms with Gasteiger partial charge in [-0.2, -0.15) is 18.3 Å². The van der Waals surface area contributed by atoms with Crippen LogP contribution in [0.4, 0.5) is 13.2 Å². The number of H-pyrrole nitrogens is 1. The Kier molecular flexibility index (Phi) is 5.98. The number of ether oxygens (including phenoxy) is 2. The van der Waals surface area contributed by atoms with Gasteiger partial charge >= 0.3 is 6.18 Å². The molecule has 0 radical (unpaired) electrons. The SMILES string of the molecule is CCOc1cc(C2CC(=O)N=Cc3[nH]ncc32)ccc1OCc1ccc(C(F)(F)F)cc1. The summed E-state index contributed by atoms with van der Waals surface area (Å²) in [6.45, 7) is 2.31. The molecule has 0 saturated carbocycles. The molecule has 0 fully saturated rings. The van der Waals surface area contributed by atoms with Gasteiger partial charge in [-0.05, 0) is 42.3 Å². The summed E-state index contributed by atoms with van der Waals surface area (Å²) >= 11 is 0. The van der Waals surface area contributed by atoms with Crippen LogP contribution in [0.3, 0.4) is 0 Å². The molecule has 6 nitrogen and oxygen atoms in total. The number of carbonyl (C=O) groups excluding carboxylic acids is 1. The summed E-state index contributed by atoms with van der Waals surface area (Å²) < 4.78 is 49.8. The van der Waals surface area contributed by atoms with E-state index < -0.39 is 11.7 Å². The summed E-state index contributed by atoms with van der Waals surface area (Å²) in [4.78, 5) is 16.0. The van der Waals surface area contributed by atoms with E-state index in [9.17, 15) is 18.0 Å². The molecular weight excluding hydrogens is 423 g/mol. The first-order valence-electron chi connectivity index (χ1n) is 10.0. The van der Waals surface area contributed by atoms with Gasteiger partial charge in [0, 0.05) is 17.9 Å². The topological polar surface area (TPSA) is 76.6 Å². The number of benzene rings is 2. The molecule has 0 spiro atoms. The molecule has 3 aromatic rings. The van der Waals surface area contributed by atoms with Gasteiger partial charge in [0.05, 0.1) is 30.3 Å². The van der Waals surface area contributed by atoms with Crippen LogP contribution in [0.2, 0.25) is 0 Å². The number of aliphatic imine (C=N–C) groups is 1. The molecule has 1 aliphatic rings. The molecule has 166 valence electrons. The van der Waals surface area contributed by atoms with Gasteiger partial charge in [-0.15, -0.1) is 0 Å². The van der Waals surface area contributed by atoms with Crippen LogP contribution in [0.5, 0.6) is 11.5 Å². The molecular formula is C23H20F3N3O3. The van der Waals surface area contributed by atoms with E-state index in [2.05, 4.69) is 15.2 Å². The van der Waals surface area contributed by atoms with Crippen molar-refractivity contribution < 1.29 is 27.4 Å². The second-order valence-electron chi connectivity index (χ2n) is 7.27. The van der Waals surface area contributed by atoms with Crippen LogP contribution in [0.15, 0.2) is 53.7 Å². The van der Waals surface area contributed by atoms with E-state index in [0.29, 0.717) is 29.4 Å². The lowest BCUT2D eigenvalue weighted by Gasteiger charge is -2.18. The number of amides is 1. The zero-order chi connectivity index (χ0) is 22.7. The minimum absolute atomic E-state index is 0.0825. The summed E-state index contributed by atoms with van der Waals surface area (Å²) in [5, 5.41) is 6.90. The normalized spacial score (nSPS) is 15.9. The first-order chi connectivity index (χ1) is 15.3. The molecule has 1 N–H and O–H groups in total. The van der Waals surface area contributed by atoms with E-state index in [4.69, 9.17) is 9.47 Å². The molecule has 1 amide bonds. The van der Waals surface area contributed by atoms with Crippen LogP contribution < -0.4 is 9.47 Å². The van der Waals surface area contributed by atoms with Crippen molar-refractivity contribution in [1.29, 1.82) is 0 Å². The lowest BCUT2D eigenvalue weighted by Crippen LogP contribution is -2.07. The number of aromatic nitrogens is 2. The Bertz CT molecular complexity index is 1140. The highest BCUT2D eigenvalue weighted by molar-refractivity contribution is 5.94. The number of aromatic amines is 1.